The summed E-state index contributed by atoms with van der Waals surface area (Å²) in [5, 5.41) is 10.9. The Balaban J connectivity index is 2.19. The molecule has 0 bridgehead atoms. The molecule has 0 aliphatic carbocycles. The van der Waals surface area contributed by atoms with E-state index < -0.39 is 0 Å². The lowest BCUT2D eigenvalue weighted by molar-refractivity contribution is 0.585. The molecule has 2 aromatic heterocycles. The minimum absolute atomic E-state index is 0.324. The van der Waals surface area contributed by atoms with Gasteiger partial charge in [0.25, 0.3) is 0 Å². The Morgan fingerprint density at radius 1 is 1.22 bits per heavy atom. The van der Waals surface area contributed by atoms with Gasteiger partial charge in [-0.2, -0.15) is 5.10 Å². The van der Waals surface area contributed by atoms with Crippen LogP contribution in [-0.2, 0) is 0 Å². The van der Waals surface area contributed by atoms with Gasteiger partial charge >= 0.3 is 0 Å². The van der Waals surface area contributed by atoms with Gasteiger partial charge in [-0.05, 0) is 32.9 Å². The summed E-state index contributed by atoms with van der Waals surface area (Å²) in [5.74, 6) is 0.0185. The molecule has 0 fully saturated rings. The van der Waals surface area contributed by atoms with Crippen molar-refractivity contribution < 1.29 is 4.39 Å². The second kappa shape index (κ2) is 5.03. The maximum Gasteiger partial charge on any atom is 0.243 e. The molecule has 1 unspecified atom stereocenters. The number of hydrogen-bond donors (Lipinski definition) is 1. The number of aryl methyl sites for hydroxylation is 2. The maximum atomic E-state index is 13.5. The monoisotopic (exact) mass is 247 g/mol. The molecule has 0 saturated carbocycles. The Bertz CT molecular complexity index is 558. The second-order valence-electron chi connectivity index (χ2n) is 4.04. The molecular formula is C12H14FN5. The Morgan fingerprint density at radius 2 is 2.00 bits per heavy atom. The van der Waals surface area contributed by atoms with Gasteiger partial charge in [0.15, 0.2) is 0 Å². The minimum Gasteiger partial charge on any atom is -0.345 e. The van der Waals surface area contributed by atoms with Crippen molar-refractivity contribution in [3.63, 3.8) is 0 Å². The van der Waals surface area contributed by atoms with Gasteiger partial charge in [0.2, 0.25) is 5.95 Å². The number of nitrogens with one attached hydrogen (secondary N) is 1. The number of hydrogen-bond acceptors (Lipinski definition) is 5. The first kappa shape index (κ1) is 12.3. The van der Waals surface area contributed by atoms with Crippen molar-refractivity contribution in [2.24, 2.45) is 0 Å². The van der Waals surface area contributed by atoms with Gasteiger partial charge in [0.1, 0.15) is 5.82 Å². The summed E-state index contributed by atoms with van der Waals surface area (Å²) in [4.78, 5) is 8.23. The predicted molar refractivity (Wildman–Crippen MR) is 65.5 cm³/mol. The van der Waals surface area contributed by atoms with Crippen LogP contribution in [-0.4, -0.2) is 20.2 Å². The molecule has 1 N–H and O–H groups in total. The highest BCUT2D eigenvalue weighted by molar-refractivity contribution is 5.29. The molecule has 0 aliphatic heterocycles. The molecule has 0 radical (unpaired) electrons. The van der Waals surface area contributed by atoms with E-state index in [1.807, 2.05) is 13.8 Å². The third kappa shape index (κ3) is 2.58. The van der Waals surface area contributed by atoms with E-state index in [9.17, 15) is 4.39 Å². The number of nitrogens with zero attached hydrogens (tertiary/aromatic N) is 4. The van der Waals surface area contributed by atoms with Crippen molar-refractivity contribution in [2.45, 2.75) is 26.8 Å². The van der Waals surface area contributed by atoms with Crippen LogP contribution >= 0.6 is 0 Å². The van der Waals surface area contributed by atoms with Crippen LogP contribution in [0.1, 0.15) is 30.0 Å². The summed E-state index contributed by atoms with van der Waals surface area (Å²) in [6.07, 6.45) is 1.55. The highest BCUT2D eigenvalue weighted by Gasteiger charge is 2.13. The molecule has 0 aliphatic rings. The van der Waals surface area contributed by atoms with E-state index >= 15 is 0 Å². The van der Waals surface area contributed by atoms with E-state index in [1.165, 1.54) is 6.07 Å². The van der Waals surface area contributed by atoms with Crippen molar-refractivity contribution in [3.8, 4) is 0 Å². The first-order chi connectivity index (χ1) is 8.58. The quantitative estimate of drug-likeness (QED) is 0.900. The van der Waals surface area contributed by atoms with Crippen LogP contribution in [0.3, 0.4) is 0 Å². The maximum absolute atomic E-state index is 13.5. The van der Waals surface area contributed by atoms with Crippen LogP contribution in [0.5, 0.6) is 0 Å². The van der Waals surface area contributed by atoms with Crippen molar-refractivity contribution in [2.75, 3.05) is 5.32 Å². The lowest BCUT2D eigenvalue weighted by Crippen LogP contribution is -2.14. The molecule has 94 valence electrons. The summed E-state index contributed by atoms with van der Waals surface area (Å²) in [6, 6.07) is 2.61. The molecule has 18 heavy (non-hydrogen) atoms. The third-order valence-corrected chi connectivity index (χ3v) is 2.63. The zero-order valence-electron chi connectivity index (χ0n) is 10.5. The lowest BCUT2D eigenvalue weighted by atomic mass is 10.2. The van der Waals surface area contributed by atoms with E-state index in [0.717, 1.165) is 11.4 Å². The Labute approximate surface area is 105 Å². The summed E-state index contributed by atoms with van der Waals surface area (Å²) in [5.41, 5.74) is 1.90. The molecule has 2 rings (SSSR count). The SMILES string of the molecule is Cc1nnc(NC(C)c2ncccc2F)nc1C. The smallest absolute Gasteiger partial charge is 0.243 e. The fourth-order valence-corrected chi connectivity index (χ4v) is 1.50. The normalized spacial score (nSPS) is 12.2. The topological polar surface area (TPSA) is 63.6 Å². The standard InChI is InChI=1S/C12H14FN5/c1-7-8(2)17-18-12(15-7)16-9(3)11-10(13)5-4-6-14-11/h4-6,9H,1-3H3,(H,15,16,18). The first-order valence-corrected chi connectivity index (χ1v) is 5.63. The Morgan fingerprint density at radius 3 is 2.67 bits per heavy atom. The van der Waals surface area contributed by atoms with Gasteiger partial charge in [-0.1, -0.05) is 0 Å². The number of rotatable bonds is 3. The van der Waals surface area contributed by atoms with E-state index in [1.54, 1.807) is 19.2 Å². The van der Waals surface area contributed by atoms with Gasteiger partial charge in [0.05, 0.1) is 23.1 Å². The highest BCUT2D eigenvalue weighted by Crippen LogP contribution is 2.17. The fraction of sp³-hybridized carbons (Fsp3) is 0.333. The molecule has 5 nitrogen and oxygen atoms in total. The summed E-state index contributed by atoms with van der Waals surface area (Å²) in [6.45, 7) is 5.48. The van der Waals surface area contributed by atoms with Crippen LogP contribution in [0.2, 0.25) is 0 Å². The average Bonchev–Trinajstić information content (AvgIpc) is 2.34. The highest BCUT2D eigenvalue weighted by atomic mass is 19.1. The van der Waals surface area contributed by atoms with Crippen LogP contribution in [0.15, 0.2) is 18.3 Å². The Kier molecular flexibility index (Phi) is 3.45. The van der Waals surface area contributed by atoms with E-state index in [4.69, 9.17) is 0 Å². The minimum atomic E-state index is -0.353. The summed E-state index contributed by atoms with van der Waals surface area (Å²) >= 11 is 0. The number of aromatic nitrogens is 4. The molecule has 0 saturated heterocycles. The van der Waals surface area contributed by atoms with Gasteiger partial charge in [-0.3, -0.25) is 4.98 Å². The summed E-state index contributed by atoms with van der Waals surface area (Å²) < 4.78 is 13.5. The molecule has 1 atom stereocenters. The number of pyridine rings is 1. The van der Waals surface area contributed by atoms with Crippen molar-refractivity contribution in [3.05, 3.63) is 41.2 Å². The predicted octanol–water partition coefficient (Wildman–Crippen LogP) is 2.20. The number of halogens is 1. The van der Waals surface area contributed by atoms with Gasteiger partial charge in [-0.25, -0.2) is 9.37 Å². The molecule has 0 aromatic carbocycles. The van der Waals surface area contributed by atoms with Crippen molar-refractivity contribution in [1.29, 1.82) is 0 Å². The van der Waals surface area contributed by atoms with E-state index in [0.29, 0.717) is 11.6 Å². The van der Waals surface area contributed by atoms with Crippen LogP contribution < -0.4 is 5.32 Å². The number of anilines is 1. The zero-order valence-corrected chi connectivity index (χ0v) is 10.5. The lowest BCUT2D eigenvalue weighted by Gasteiger charge is -2.13. The average molecular weight is 247 g/mol. The molecule has 6 heteroatoms. The van der Waals surface area contributed by atoms with Gasteiger partial charge in [-0.15, -0.1) is 5.10 Å². The zero-order chi connectivity index (χ0) is 13.1. The molecule has 0 amide bonds. The van der Waals surface area contributed by atoms with Gasteiger partial charge < -0.3 is 5.32 Å². The third-order valence-electron chi connectivity index (χ3n) is 2.63. The molecule has 0 spiro atoms. The first-order valence-electron chi connectivity index (χ1n) is 5.63. The largest absolute Gasteiger partial charge is 0.345 e. The van der Waals surface area contributed by atoms with Gasteiger partial charge in [0, 0.05) is 6.20 Å². The van der Waals surface area contributed by atoms with E-state index in [-0.39, 0.29) is 11.9 Å². The van der Waals surface area contributed by atoms with Crippen LogP contribution in [0.4, 0.5) is 10.3 Å². The fourth-order valence-electron chi connectivity index (χ4n) is 1.50. The van der Waals surface area contributed by atoms with E-state index in [2.05, 4.69) is 25.5 Å². The van der Waals surface area contributed by atoms with Crippen LogP contribution in [0, 0.1) is 19.7 Å². The molecule has 2 aromatic rings. The van der Waals surface area contributed by atoms with Crippen LogP contribution in [0.25, 0.3) is 0 Å². The van der Waals surface area contributed by atoms with Crippen molar-refractivity contribution >= 4 is 5.95 Å². The van der Waals surface area contributed by atoms with Crippen molar-refractivity contribution in [1.82, 2.24) is 20.2 Å². The summed E-state index contributed by atoms with van der Waals surface area (Å²) in [7, 11) is 0. The molecule has 2 heterocycles. The second-order valence-corrected chi connectivity index (χ2v) is 4.04. The molecular weight excluding hydrogens is 233 g/mol. The Hall–Kier alpha value is -2.11.